The van der Waals surface area contributed by atoms with E-state index in [1.54, 1.807) is 12.1 Å². The molecule has 1 aromatic rings. The first-order chi connectivity index (χ1) is 6.63. The Hall–Kier alpha value is -0.905. The highest BCUT2D eigenvalue weighted by Crippen LogP contribution is 2.30. The van der Waals surface area contributed by atoms with Crippen molar-refractivity contribution in [2.24, 2.45) is 0 Å². The minimum atomic E-state index is -1.88. The summed E-state index contributed by atoms with van der Waals surface area (Å²) in [6.45, 7) is 2.27. The molecule has 0 aromatic heterocycles. The lowest BCUT2D eigenvalue weighted by molar-refractivity contribution is 0.271. The first-order valence-electron chi connectivity index (χ1n) is 4.08. The minimum Gasteiger partial charge on any atom is -0.509 e. The Morgan fingerprint density at radius 3 is 2.64 bits per heavy atom. The van der Waals surface area contributed by atoms with Crippen LogP contribution < -0.4 is 9.39 Å². The van der Waals surface area contributed by atoms with Gasteiger partial charge in [0.25, 0.3) is 0 Å². The van der Waals surface area contributed by atoms with Gasteiger partial charge in [0.1, 0.15) is 5.75 Å². The zero-order chi connectivity index (χ0) is 10.6. The number of hydrogen-bond donors (Lipinski definition) is 2. The second kappa shape index (κ2) is 5.09. The van der Waals surface area contributed by atoms with Gasteiger partial charge >= 0.3 is 7.32 Å². The third-order valence-electron chi connectivity index (χ3n) is 1.44. The summed E-state index contributed by atoms with van der Waals surface area (Å²) >= 11 is 5.70. The van der Waals surface area contributed by atoms with Crippen LogP contribution in [-0.4, -0.2) is 24.0 Å². The predicted molar refractivity (Wildman–Crippen MR) is 53.4 cm³/mol. The van der Waals surface area contributed by atoms with Crippen LogP contribution in [0.1, 0.15) is 6.92 Å². The summed E-state index contributed by atoms with van der Waals surface area (Å²) in [7, 11) is -1.88. The van der Waals surface area contributed by atoms with E-state index < -0.39 is 7.32 Å². The maximum absolute atomic E-state index is 8.62. The molecular formula is C8H10BClO4. The van der Waals surface area contributed by atoms with Crippen LogP contribution in [-0.2, 0) is 0 Å². The van der Waals surface area contributed by atoms with Crippen molar-refractivity contribution in [2.45, 2.75) is 6.92 Å². The lowest BCUT2D eigenvalue weighted by atomic mass is 10.2. The first kappa shape index (κ1) is 11.2. The summed E-state index contributed by atoms with van der Waals surface area (Å²) in [4.78, 5) is 0. The zero-order valence-corrected chi connectivity index (χ0v) is 8.36. The molecule has 0 radical (unpaired) electrons. The Bertz CT molecular complexity index is 305. The molecule has 1 rings (SSSR count). The van der Waals surface area contributed by atoms with Crippen molar-refractivity contribution >= 4 is 18.9 Å². The highest BCUT2D eigenvalue weighted by atomic mass is 35.5. The van der Waals surface area contributed by atoms with E-state index in [1.807, 2.05) is 6.92 Å². The van der Waals surface area contributed by atoms with Gasteiger partial charge in [0.15, 0.2) is 5.75 Å². The highest BCUT2D eigenvalue weighted by Gasteiger charge is 2.15. The van der Waals surface area contributed by atoms with Crippen LogP contribution in [0.25, 0.3) is 0 Å². The van der Waals surface area contributed by atoms with Crippen LogP contribution in [0.15, 0.2) is 18.2 Å². The van der Waals surface area contributed by atoms with Gasteiger partial charge in [0.2, 0.25) is 0 Å². The molecule has 0 fully saturated rings. The van der Waals surface area contributed by atoms with Gasteiger partial charge in [0, 0.05) is 11.1 Å². The summed E-state index contributed by atoms with van der Waals surface area (Å²) in [6.07, 6.45) is 0. The van der Waals surface area contributed by atoms with Crippen LogP contribution in [0.2, 0.25) is 5.02 Å². The van der Waals surface area contributed by atoms with Crippen LogP contribution in [0.4, 0.5) is 0 Å². The SMILES string of the molecule is CCOc1ccc(Cl)cc1OB(O)O. The Kier molecular flexibility index (Phi) is 4.07. The number of rotatable bonds is 4. The van der Waals surface area contributed by atoms with Crippen molar-refractivity contribution in [3.05, 3.63) is 23.2 Å². The molecule has 0 aliphatic rings. The number of hydrogen-bond acceptors (Lipinski definition) is 4. The van der Waals surface area contributed by atoms with Gasteiger partial charge in [-0.15, -0.1) is 0 Å². The molecule has 0 aliphatic heterocycles. The van der Waals surface area contributed by atoms with Gasteiger partial charge < -0.3 is 19.4 Å². The smallest absolute Gasteiger partial charge is 0.509 e. The monoisotopic (exact) mass is 216 g/mol. The molecule has 0 amide bonds. The van der Waals surface area contributed by atoms with E-state index in [0.717, 1.165) is 0 Å². The third kappa shape index (κ3) is 3.10. The molecule has 0 saturated heterocycles. The minimum absolute atomic E-state index is 0.203. The molecule has 76 valence electrons. The van der Waals surface area contributed by atoms with Gasteiger partial charge in [-0.3, -0.25) is 0 Å². The standard InChI is InChI=1S/C8H10BClO4/c1-2-13-7-4-3-6(10)5-8(7)14-9(11)12/h3-5,11-12H,2H2,1H3. The molecular weight excluding hydrogens is 206 g/mol. The van der Waals surface area contributed by atoms with Crippen LogP contribution in [0.5, 0.6) is 11.5 Å². The van der Waals surface area contributed by atoms with Crippen molar-refractivity contribution in [1.82, 2.24) is 0 Å². The topological polar surface area (TPSA) is 58.9 Å². The average molecular weight is 216 g/mol. The van der Waals surface area contributed by atoms with Crippen LogP contribution in [0, 0.1) is 0 Å². The molecule has 2 N–H and O–H groups in total. The van der Waals surface area contributed by atoms with Crippen molar-refractivity contribution in [3.8, 4) is 11.5 Å². The summed E-state index contributed by atoms with van der Waals surface area (Å²) in [5.74, 6) is 0.624. The van der Waals surface area contributed by atoms with Gasteiger partial charge in [-0.1, -0.05) is 11.6 Å². The summed E-state index contributed by atoms with van der Waals surface area (Å²) in [5.41, 5.74) is 0. The van der Waals surface area contributed by atoms with Crippen molar-refractivity contribution in [3.63, 3.8) is 0 Å². The van der Waals surface area contributed by atoms with Crippen LogP contribution in [0.3, 0.4) is 0 Å². The first-order valence-corrected chi connectivity index (χ1v) is 4.46. The van der Waals surface area contributed by atoms with E-state index in [4.69, 9.17) is 26.4 Å². The summed E-state index contributed by atoms with van der Waals surface area (Å²) in [6, 6.07) is 4.68. The van der Waals surface area contributed by atoms with Crippen molar-refractivity contribution in [2.75, 3.05) is 6.61 Å². The van der Waals surface area contributed by atoms with E-state index in [0.29, 0.717) is 17.4 Å². The second-order valence-electron chi connectivity index (χ2n) is 2.47. The molecule has 0 aliphatic carbocycles. The lowest BCUT2D eigenvalue weighted by Gasteiger charge is -2.11. The molecule has 0 saturated carbocycles. The average Bonchev–Trinajstić information content (AvgIpc) is 2.09. The van der Waals surface area contributed by atoms with Crippen molar-refractivity contribution < 1.29 is 19.4 Å². The maximum Gasteiger partial charge on any atom is 0.707 e. The number of halogens is 1. The van der Waals surface area contributed by atoms with E-state index in [2.05, 4.69) is 4.65 Å². The fourth-order valence-corrected chi connectivity index (χ4v) is 1.12. The van der Waals surface area contributed by atoms with Gasteiger partial charge in [-0.05, 0) is 19.1 Å². The fraction of sp³-hybridized carbons (Fsp3) is 0.250. The van der Waals surface area contributed by atoms with E-state index in [9.17, 15) is 0 Å². The molecule has 0 heterocycles. The largest absolute Gasteiger partial charge is 0.707 e. The van der Waals surface area contributed by atoms with Gasteiger partial charge in [-0.2, -0.15) is 0 Å². The molecule has 14 heavy (non-hydrogen) atoms. The van der Waals surface area contributed by atoms with E-state index in [1.165, 1.54) is 6.07 Å². The number of ether oxygens (including phenoxy) is 1. The predicted octanol–water partition coefficient (Wildman–Crippen LogP) is 1.09. The van der Waals surface area contributed by atoms with E-state index in [-0.39, 0.29) is 5.75 Å². The Balaban J connectivity index is 2.90. The van der Waals surface area contributed by atoms with Crippen LogP contribution >= 0.6 is 11.6 Å². The quantitative estimate of drug-likeness (QED) is 0.740. The zero-order valence-electron chi connectivity index (χ0n) is 7.61. The summed E-state index contributed by atoms with van der Waals surface area (Å²) < 4.78 is 9.87. The third-order valence-corrected chi connectivity index (χ3v) is 1.67. The summed E-state index contributed by atoms with van der Waals surface area (Å²) in [5, 5.41) is 17.7. The number of benzene rings is 1. The Labute approximate surface area is 87.2 Å². The molecule has 0 bridgehead atoms. The van der Waals surface area contributed by atoms with Crippen molar-refractivity contribution in [1.29, 1.82) is 0 Å². The molecule has 1 aromatic carbocycles. The van der Waals surface area contributed by atoms with E-state index >= 15 is 0 Å². The Morgan fingerprint density at radius 2 is 2.07 bits per heavy atom. The fourth-order valence-electron chi connectivity index (χ4n) is 0.962. The Morgan fingerprint density at radius 1 is 1.36 bits per heavy atom. The molecule has 0 unspecified atom stereocenters. The van der Waals surface area contributed by atoms with Gasteiger partial charge in [-0.25, -0.2) is 0 Å². The lowest BCUT2D eigenvalue weighted by Crippen LogP contribution is -2.21. The molecule has 0 spiro atoms. The highest BCUT2D eigenvalue weighted by molar-refractivity contribution is 6.34. The second-order valence-corrected chi connectivity index (χ2v) is 2.90. The normalized spacial score (nSPS) is 9.71. The molecule has 6 heteroatoms. The maximum atomic E-state index is 8.62. The van der Waals surface area contributed by atoms with Gasteiger partial charge in [0.05, 0.1) is 6.61 Å². The molecule has 0 atom stereocenters. The molecule has 4 nitrogen and oxygen atoms in total.